The van der Waals surface area contributed by atoms with Gasteiger partial charge in [-0.1, -0.05) is 53.6 Å². The van der Waals surface area contributed by atoms with Gasteiger partial charge in [0.25, 0.3) is 0 Å². The zero-order valence-corrected chi connectivity index (χ0v) is 14.6. The van der Waals surface area contributed by atoms with Gasteiger partial charge < -0.3 is 0 Å². The summed E-state index contributed by atoms with van der Waals surface area (Å²) in [7, 11) is -3.71. The maximum atomic E-state index is 11.6. The highest BCUT2D eigenvalue weighted by molar-refractivity contribution is 8.17. The molecule has 0 atom stereocenters. The third-order valence-corrected chi connectivity index (χ3v) is 5.19. The lowest BCUT2D eigenvalue weighted by Gasteiger charge is -2.06. The molecule has 8 heteroatoms. The van der Waals surface area contributed by atoms with Gasteiger partial charge in [-0.3, -0.25) is 4.28 Å². The molecule has 0 amide bonds. The Morgan fingerprint density at radius 3 is 2.83 bits per heavy atom. The Labute approximate surface area is 144 Å². The highest BCUT2D eigenvalue weighted by Crippen LogP contribution is 2.33. The van der Waals surface area contributed by atoms with E-state index >= 15 is 0 Å². The van der Waals surface area contributed by atoms with E-state index in [1.165, 1.54) is 11.8 Å². The van der Waals surface area contributed by atoms with Crippen molar-refractivity contribution in [2.75, 3.05) is 5.75 Å². The van der Waals surface area contributed by atoms with Crippen molar-refractivity contribution in [3.63, 3.8) is 0 Å². The van der Waals surface area contributed by atoms with Crippen LogP contribution >= 0.6 is 23.4 Å². The standard InChI is InChI=1S/C15H13ClN2O3S2/c1-2-9-23(19,20)21-18-15-12(7-8-22-15)13(10-17)11-5-3-4-6-14(11)16/h3-8H,2,9H2,1H3/b13-12+,18-15-. The first-order chi connectivity index (χ1) is 11.0. The summed E-state index contributed by atoms with van der Waals surface area (Å²) in [5.74, 6) is -0.115. The summed E-state index contributed by atoms with van der Waals surface area (Å²) in [4.78, 5) is 0. The smallest absolute Gasteiger partial charge is 0.267 e. The number of oxime groups is 1. The van der Waals surface area contributed by atoms with Crippen molar-refractivity contribution in [1.82, 2.24) is 0 Å². The number of hydrogen-bond donors (Lipinski definition) is 0. The van der Waals surface area contributed by atoms with Gasteiger partial charge >= 0.3 is 10.1 Å². The average molecular weight is 369 g/mol. The SMILES string of the molecule is CCCS(=O)(=O)O/N=C1\SC=C\C1=C(\C#N)c1ccccc1Cl. The van der Waals surface area contributed by atoms with Gasteiger partial charge in [-0.2, -0.15) is 13.7 Å². The summed E-state index contributed by atoms with van der Waals surface area (Å²) in [6.07, 6.45) is 2.12. The summed E-state index contributed by atoms with van der Waals surface area (Å²) in [6, 6.07) is 9.03. The van der Waals surface area contributed by atoms with E-state index in [2.05, 4.69) is 15.5 Å². The van der Waals surface area contributed by atoms with E-state index in [4.69, 9.17) is 11.6 Å². The van der Waals surface area contributed by atoms with Crippen molar-refractivity contribution in [3.05, 3.63) is 51.9 Å². The zero-order chi connectivity index (χ0) is 16.9. The van der Waals surface area contributed by atoms with Crippen LogP contribution in [0.2, 0.25) is 5.02 Å². The number of hydrogen-bond acceptors (Lipinski definition) is 6. The molecular formula is C15H13ClN2O3S2. The van der Waals surface area contributed by atoms with E-state index in [0.29, 0.717) is 33.2 Å². The minimum Gasteiger partial charge on any atom is -0.267 e. The van der Waals surface area contributed by atoms with E-state index in [-0.39, 0.29) is 5.75 Å². The molecule has 0 saturated carbocycles. The number of thioether (sulfide) groups is 1. The maximum Gasteiger partial charge on any atom is 0.328 e. The number of benzene rings is 1. The van der Waals surface area contributed by atoms with Crippen LogP contribution in [-0.4, -0.2) is 19.2 Å². The molecule has 23 heavy (non-hydrogen) atoms. The Balaban J connectivity index is 2.42. The first-order valence-electron chi connectivity index (χ1n) is 6.70. The molecule has 0 unspecified atom stereocenters. The third-order valence-electron chi connectivity index (χ3n) is 2.86. The molecule has 0 spiro atoms. The highest BCUT2D eigenvalue weighted by atomic mass is 35.5. The number of allylic oxidation sites excluding steroid dienone is 2. The first kappa shape index (κ1) is 17.6. The van der Waals surface area contributed by atoms with Gasteiger partial charge in [-0.25, -0.2) is 0 Å². The van der Waals surface area contributed by atoms with Crippen molar-refractivity contribution in [3.8, 4) is 6.07 Å². The van der Waals surface area contributed by atoms with Crippen molar-refractivity contribution in [1.29, 1.82) is 5.26 Å². The summed E-state index contributed by atoms with van der Waals surface area (Å²) in [5.41, 5.74) is 1.35. The molecule has 1 aliphatic heterocycles. The third kappa shape index (κ3) is 4.38. The maximum absolute atomic E-state index is 11.6. The molecule has 1 aromatic carbocycles. The highest BCUT2D eigenvalue weighted by Gasteiger charge is 2.20. The molecule has 1 aromatic rings. The van der Waals surface area contributed by atoms with Crippen LogP contribution in [0, 0.1) is 11.3 Å². The van der Waals surface area contributed by atoms with Crippen molar-refractivity contribution in [2.24, 2.45) is 5.16 Å². The van der Waals surface area contributed by atoms with E-state index < -0.39 is 10.1 Å². The predicted octanol–water partition coefficient (Wildman–Crippen LogP) is 3.95. The summed E-state index contributed by atoms with van der Waals surface area (Å²) in [6.45, 7) is 1.73. The van der Waals surface area contributed by atoms with Crippen LogP contribution in [-0.2, 0) is 14.4 Å². The van der Waals surface area contributed by atoms with E-state index in [1.807, 2.05) is 0 Å². The molecule has 1 aliphatic rings. The summed E-state index contributed by atoms with van der Waals surface area (Å²) < 4.78 is 27.9. The largest absolute Gasteiger partial charge is 0.328 e. The zero-order valence-electron chi connectivity index (χ0n) is 12.2. The minimum atomic E-state index is -3.71. The second-order valence-corrected chi connectivity index (χ2v) is 7.51. The average Bonchev–Trinajstić information content (AvgIpc) is 2.96. The Morgan fingerprint density at radius 2 is 2.17 bits per heavy atom. The number of nitriles is 1. The molecule has 0 bridgehead atoms. The molecule has 120 valence electrons. The second-order valence-electron chi connectivity index (χ2n) is 4.53. The van der Waals surface area contributed by atoms with Gasteiger partial charge in [0.1, 0.15) is 11.1 Å². The van der Waals surface area contributed by atoms with Gasteiger partial charge in [0.2, 0.25) is 0 Å². The van der Waals surface area contributed by atoms with Crippen LogP contribution in [0.1, 0.15) is 18.9 Å². The molecule has 2 rings (SSSR count). The van der Waals surface area contributed by atoms with Crippen LogP contribution in [0.4, 0.5) is 0 Å². The lowest BCUT2D eigenvalue weighted by molar-refractivity contribution is 0.340. The molecule has 0 saturated heterocycles. The van der Waals surface area contributed by atoms with E-state index in [0.717, 1.165) is 0 Å². The van der Waals surface area contributed by atoms with Gasteiger partial charge in [0.05, 0.1) is 11.3 Å². The first-order valence-corrected chi connectivity index (χ1v) is 9.54. The minimum absolute atomic E-state index is 0.115. The normalized spacial score (nSPS) is 18.0. The fourth-order valence-corrected chi connectivity index (χ4v) is 3.62. The Morgan fingerprint density at radius 1 is 1.43 bits per heavy atom. The molecular weight excluding hydrogens is 356 g/mol. The number of halogens is 1. The lowest BCUT2D eigenvalue weighted by Crippen LogP contribution is -2.08. The number of rotatable bonds is 5. The second kappa shape index (κ2) is 7.68. The van der Waals surface area contributed by atoms with Gasteiger partial charge in [-0.05, 0) is 24.0 Å². The quantitative estimate of drug-likeness (QED) is 0.580. The molecule has 5 nitrogen and oxygen atoms in total. The molecule has 0 aliphatic carbocycles. The van der Waals surface area contributed by atoms with E-state index in [9.17, 15) is 13.7 Å². The summed E-state index contributed by atoms with van der Waals surface area (Å²) >= 11 is 7.31. The van der Waals surface area contributed by atoms with Gasteiger partial charge in [0, 0.05) is 16.2 Å². The van der Waals surface area contributed by atoms with Crippen LogP contribution in [0.25, 0.3) is 5.57 Å². The molecule has 0 fully saturated rings. The monoisotopic (exact) mass is 368 g/mol. The van der Waals surface area contributed by atoms with Crippen LogP contribution in [0.3, 0.4) is 0 Å². The van der Waals surface area contributed by atoms with E-state index in [1.54, 1.807) is 42.7 Å². The Hall–Kier alpha value is -1.75. The predicted molar refractivity (Wildman–Crippen MR) is 93.3 cm³/mol. The molecule has 0 N–H and O–H groups in total. The number of nitrogens with zero attached hydrogens (tertiary/aromatic N) is 2. The topological polar surface area (TPSA) is 79.5 Å². The summed E-state index contributed by atoms with van der Waals surface area (Å²) in [5, 5.41) is 15.6. The van der Waals surface area contributed by atoms with Crippen LogP contribution in [0.5, 0.6) is 0 Å². The molecule has 0 radical (unpaired) electrons. The molecule has 1 heterocycles. The Kier molecular flexibility index (Phi) is 5.88. The Bertz CT molecular complexity index is 837. The fourth-order valence-electron chi connectivity index (χ4n) is 1.87. The van der Waals surface area contributed by atoms with Crippen LogP contribution < -0.4 is 0 Å². The van der Waals surface area contributed by atoms with Crippen LogP contribution in [0.15, 0.2) is 46.5 Å². The van der Waals surface area contributed by atoms with Gasteiger partial charge in [0.15, 0.2) is 0 Å². The fraction of sp³-hybridized carbons (Fsp3) is 0.200. The van der Waals surface area contributed by atoms with Crippen molar-refractivity contribution in [2.45, 2.75) is 13.3 Å². The van der Waals surface area contributed by atoms with Gasteiger partial charge in [-0.15, -0.1) is 0 Å². The lowest BCUT2D eigenvalue weighted by atomic mass is 10.0. The molecule has 0 aromatic heterocycles. The van der Waals surface area contributed by atoms with Crippen molar-refractivity contribution < 1.29 is 12.7 Å². The van der Waals surface area contributed by atoms with Crippen molar-refractivity contribution >= 4 is 44.1 Å².